The van der Waals surface area contributed by atoms with E-state index >= 15 is 0 Å². The number of benzene rings is 1. The molecule has 2 rings (SSSR count). The number of hydrogen-bond donors (Lipinski definition) is 1. The second kappa shape index (κ2) is 5.23. The van der Waals surface area contributed by atoms with Crippen LogP contribution in [0, 0.1) is 0 Å². The molecule has 1 aliphatic rings. The highest BCUT2D eigenvalue weighted by molar-refractivity contribution is 9.10. The molecule has 4 heteroatoms. The molecule has 1 aliphatic heterocycles. The zero-order valence-electron chi connectivity index (χ0n) is 8.41. The van der Waals surface area contributed by atoms with Gasteiger partial charge in [0.1, 0.15) is 0 Å². The van der Waals surface area contributed by atoms with Crippen LogP contribution < -0.4 is 5.73 Å². The van der Waals surface area contributed by atoms with Crippen LogP contribution in [0.2, 0.25) is 0 Å². The average Bonchev–Trinajstić information content (AvgIpc) is 2.24. The molecule has 0 bridgehead atoms. The van der Waals surface area contributed by atoms with Crippen LogP contribution in [-0.4, -0.2) is 18.5 Å². The molecule has 1 fully saturated rings. The first-order chi connectivity index (χ1) is 7.25. The van der Waals surface area contributed by atoms with E-state index in [1.54, 1.807) is 0 Å². The topological polar surface area (TPSA) is 35.2 Å². The fourth-order valence-corrected chi connectivity index (χ4v) is 3.11. The Bertz CT molecular complexity index is 339. The Balaban J connectivity index is 2.03. The van der Waals surface area contributed by atoms with Crippen molar-refractivity contribution in [3.05, 3.63) is 22.7 Å². The molecule has 1 aromatic carbocycles. The molecule has 1 saturated heterocycles. The molecule has 0 unspecified atom stereocenters. The number of halogens is 1. The molecule has 0 aliphatic carbocycles. The van der Waals surface area contributed by atoms with E-state index in [-0.39, 0.29) is 0 Å². The van der Waals surface area contributed by atoms with Crippen molar-refractivity contribution < 1.29 is 4.74 Å². The largest absolute Gasteiger partial charge is 0.398 e. The van der Waals surface area contributed by atoms with Crippen molar-refractivity contribution in [3.8, 4) is 0 Å². The Hall–Kier alpha value is -0.190. The number of ether oxygens (including phenoxy) is 1. The molecule has 0 aromatic heterocycles. The zero-order chi connectivity index (χ0) is 10.7. The van der Waals surface area contributed by atoms with Crippen LogP contribution >= 0.6 is 27.7 Å². The van der Waals surface area contributed by atoms with Crippen molar-refractivity contribution in [2.24, 2.45) is 0 Å². The molecule has 0 amide bonds. The number of nitrogens with two attached hydrogens (primary N) is 1. The van der Waals surface area contributed by atoms with Crippen LogP contribution in [-0.2, 0) is 4.74 Å². The van der Waals surface area contributed by atoms with Gasteiger partial charge in [-0.1, -0.05) is 15.9 Å². The molecule has 82 valence electrons. The lowest BCUT2D eigenvalue weighted by Gasteiger charge is -2.22. The number of hydrogen-bond acceptors (Lipinski definition) is 3. The molecule has 0 atom stereocenters. The summed E-state index contributed by atoms with van der Waals surface area (Å²) >= 11 is 5.29. The predicted molar refractivity (Wildman–Crippen MR) is 68.3 cm³/mol. The van der Waals surface area contributed by atoms with Crippen LogP contribution in [0.3, 0.4) is 0 Å². The van der Waals surface area contributed by atoms with Gasteiger partial charge in [0.2, 0.25) is 0 Å². The summed E-state index contributed by atoms with van der Waals surface area (Å²) in [4.78, 5) is 1.19. The van der Waals surface area contributed by atoms with E-state index in [4.69, 9.17) is 10.5 Å². The Labute approximate surface area is 103 Å². The average molecular weight is 288 g/mol. The molecule has 0 spiro atoms. The van der Waals surface area contributed by atoms with Crippen LogP contribution in [0.1, 0.15) is 12.8 Å². The lowest BCUT2D eigenvalue weighted by Crippen LogP contribution is -2.17. The van der Waals surface area contributed by atoms with Crippen LogP contribution in [0.15, 0.2) is 27.6 Å². The van der Waals surface area contributed by atoms with Crippen molar-refractivity contribution in [2.45, 2.75) is 23.0 Å². The van der Waals surface area contributed by atoms with Crippen LogP contribution in [0.4, 0.5) is 5.69 Å². The lowest BCUT2D eigenvalue weighted by molar-refractivity contribution is 0.100. The summed E-state index contributed by atoms with van der Waals surface area (Å²) in [7, 11) is 0. The zero-order valence-corrected chi connectivity index (χ0v) is 10.8. The minimum Gasteiger partial charge on any atom is -0.398 e. The monoisotopic (exact) mass is 287 g/mol. The van der Waals surface area contributed by atoms with Crippen molar-refractivity contribution >= 4 is 33.4 Å². The number of anilines is 1. The highest BCUT2D eigenvalue weighted by Crippen LogP contribution is 2.34. The second-order valence-electron chi connectivity index (χ2n) is 3.61. The van der Waals surface area contributed by atoms with Gasteiger partial charge in [-0.25, -0.2) is 0 Å². The Morgan fingerprint density at radius 3 is 2.73 bits per heavy atom. The van der Waals surface area contributed by atoms with Gasteiger partial charge in [0.25, 0.3) is 0 Å². The maximum absolute atomic E-state index is 5.96. The minimum absolute atomic E-state index is 0.655. The van der Waals surface area contributed by atoms with Gasteiger partial charge >= 0.3 is 0 Å². The van der Waals surface area contributed by atoms with Gasteiger partial charge in [0.15, 0.2) is 0 Å². The third-order valence-corrected chi connectivity index (χ3v) is 4.36. The second-order valence-corrected chi connectivity index (χ2v) is 5.87. The van der Waals surface area contributed by atoms with Gasteiger partial charge in [-0.05, 0) is 31.0 Å². The lowest BCUT2D eigenvalue weighted by atomic mass is 10.2. The van der Waals surface area contributed by atoms with Crippen molar-refractivity contribution in [3.63, 3.8) is 0 Å². The van der Waals surface area contributed by atoms with Gasteiger partial charge in [-0.15, -0.1) is 11.8 Å². The van der Waals surface area contributed by atoms with E-state index in [1.807, 2.05) is 23.9 Å². The van der Waals surface area contributed by atoms with E-state index in [0.717, 1.165) is 36.2 Å². The maximum Gasteiger partial charge on any atom is 0.0476 e. The fraction of sp³-hybridized carbons (Fsp3) is 0.455. The first kappa shape index (κ1) is 11.3. The van der Waals surface area contributed by atoms with E-state index in [0.29, 0.717) is 5.25 Å². The minimum atomic E-state index is 0.655. The van der Waals surface area contributed by atoms with Gasteiger partial charge < -0.3 is 10.5 Å². The molecule has 15 heavy (non-hydrogen) atoms. The normalized spacial score (nSPS) is 17.9. The third kappa shape index (κ3) is 3.13. The van der Waals surface area contributed by atoms with E-state index in [1.165, 1.54) is 4.90 Å². The van der Waals surface area contributed by atoms with Gasteiger partial charge in [0.05, 0.1) is 0 Å². The smallest absolute Gasteiger partial charge is 0.0476 e. The van der Waals surface area contributed by atoms with E-state index < -0.39 is 0 Å². The van der Waals surface area contributed by atoms with Gasteiger partial charge in [0, 0.05) is 33.5 Å². The summed E-state index contributed by atoms with van der Waals surface area (Å²) in [5.74, 6) is 0. The quantitative estimate of drug-likeness (QED) is 0.848. The highest BCUT2D eigenvalue weighted by atomic mass is 79.9. The summed E-state index contributed by atoms with van der Waals surface area (Å²) in [6, 6.07) is 6.08. The Morgan fingerprint density at radius 1 is 1.33 bits per heavy atom. The summed E-state index contributed by atoms with van der Waals surface area (Å²) in [6.45, 7) is 1.77. The third-order valence-electron chi connectivity index (χ3n) is 2.43. The maximum atomic E-state index is 5.96. The standard InChI is InChI=1S/C11H14BrNOS/c12-8-1-2-11(10(13)7-8)15-9-3-5-14-6-4-9/h1-2,7,9H,3-6,13H2. The summed E-state index contributed by atoms with van der Waals surface area (Å²) in [5.41, 5.74) is 6.82. The molecule has 0 radical (unpaired) electrons. The Morgan fingerprint density at radius 2 is 2.07 bits per heavy atom. The van der Waals surface area contributed by atoms with Crippen molar-refractivity contribution in [1.82, 2.24) is 0 Å². The summed E-state index contributed by atoms with van der Waals surface area (Å²) in [6.07, 6.45) is 2.25. The van der Waals surface area contributed by atoms with Crippen LogP contribution in [0.25, 0.3) is 0 Å². The first-order valence-corrected chi connectivity index (χ1v) is 6.72. The molecule has 2 nitrogen and oxygen atoms in total. The molecule has 0 saturated carbocycles. The predicted octanol–water partition coefficient (Wildman–Crippen LogP) is 3.30. The van der Waals surface area contributed by atoms with Crippen molar-refractivity contribution in [2.75, 3.05) is 18.9 Å². The molecular weight excluding hydrogens is 274 g/mol. The van der Waals surface area contributed by atoms with E-state index in [2.05, 4.69) is 22.0 Å². The van der Waals surface area contributed by atoms with Crippen LogP contribution in [0.5, 0.6) is 0 Å². The first-order valence-electron chi connectivity index (χ1n) is 5.05. The van der Waals surface area contributed by atoms with E-state index in [9.17, 15) is 0 Å². The number of thioether (sulfide) groups is 1. The molecular formula is C11H14BrNOS. The Kier molecular flexibility index (Phi) is 3.94. The SMILES string of the molecule is Nc1cc(Br)ccc1SC1CCOCC1. The van der Waals surface area contributed by atoms with Gasteiger partial charge in [-0.2, -0.15) is 0 Å². The van der Waals surface area contributed by atoms with Crippen molar-refractivity contribution in [1.29, 1.82) is 0 Å². The number of rotatable bonds is 2. The highest BCUT2D eigenvalue weighted by Gasteiger charge is 2.15. The summed E-state index contributed by atoms with van der Waals surface area (Å²) < 4.78 is 6.37. The molecule has 1 heterocycles. The summed E-state index contributed by atoms with van der Waals surface area (Å²) in [5, 5.41) is 0.655. The molecule has 2 N–H and O–H groups in total. The number of nitrogen functional groups attached to an aromatic ring is 1. The van der Waals surface area contributed by atoms with Gasteiger partial charge in [-0.3, -0.25) is 0 Å². The molecule has 1 aromatic rings. The fourth-order valence-electron chi connectivity index (χ4n) is 1.60.